The summed E-state index contributed by atoms with van der Waals surface area (Å²) in [6, 6.07) is 9.79. The third-order valence-corrected chi connectivity index (χ3v) is 2.84. The molecular formula is C15H17NO2. The monoisotopic (exact) mass is 243 g/mol. The van der Waals surface area contributed by atoms with Crippen molar-refractivity contribution in [2.75, 3.05) is 6.61 Å². The maximum atomic E-state index is 11.1. The van der Waals surface area contributed by atoms with Gasteiger partial charge in [-0.15, -0.1) is 0 Å². The van der Waals surface area contributed by atoms with Crippen molar-refractivity contribution in [3.8, 4) is 5.75 Å². The third-order valence-electron chi connectivity index (χ3n) is 2.84. The molecule has 0 aliphatic rings. The van der Waals surface area contributed by atoms with Gasteiger partial charge in [-0.1, -0.05) is 13.0 Å². The van der Waals surface area contributed by atoms with Gasteiger partial charge in [0.15, 0.2) is 0 Å². The lowest BCUT2D eigenvalue weighted by Crippen LogP contribution is -2.02. The number of nitrogens with zero attached hydrogens (tertiary/aromatic N) is 1. The fourth-order valence-corrected chi connectivity index (χ4v) is 1.77. The molecule has 0 N–H and O–H groups in total. The van der Waals surface area contributed by atoms with Crippen LogP contribution in [0.5, 0.6) is 5.75 Å². The van der Waals surface area contributed by atoms with Crippen LogP contribution in [-0.4, -0.2) is 17.4 Å². The summed E-state index contributed by atoms with van der Waals surface area (Å²) in [5, 5.41) is 1.10. The van der Waals surface area contributed by atoms with Crippen LogP contribution in [0, 0.1) is 0 Å². The summed E-state index contributed by atoms with van der Waals surface area (Å²) < 4.78 is 5.62. The minimum absolute atomic E-state index is 0.291. The molecule has 2 aromatic rings. The number of hydrogen-bond donors (Lipinski definition) is 0. The van der Waals surface area contributed by atoms with Gasteiger partial charge in [-0.05, 0) is 24.6 Å². The first-order chi connectivity index (χ1) is 8.79. The van der Waals surface area contributed by atoms with E-state index in [1.165, 1.54) is 0 Å². The molecule has 0 spiro atoms. The number of pyridine rings is 1. The van der Waals surface area contributed by atoms with Crippen LogP contribution in [0.1, 0.15) is 26.2 Å². The number of ether oxygens (including phenoxy) is 1. The number of aromatic nitrogens is 1. The molecule has 0 bridgehead atoms. The Balaban J connectivity index is 1.90. The zero-order valence-corrected chi connectivity index (χ0v) is 10.6. The number of fused-ring (bicyclic) bond motifs is 1. The molecule has 0 aliphatic heterocycles. The fourth-order valence-electron chi connectivity index (χ4n) is 1.77. The van der Waals surface area contributed by atoms with E-state index in [1.54, 1.807) is 6.20 Å². The molecule has 1 aromatic heterocycles. The summed E-state index contributed by atoms with van der Waals surface area (Å²) in [6.45, 7) is 2.46. The van der Waals surface area contributed by atoms with Crippen molar-refractivity contribution in [2.24, 2.45) is 0 Å². The molecule has 0 fully saturated rings. The third kappa shape index (κ3) is 3.29. The van der Waals surface area contributed by atoms with Crippen molar-refractivity contribution in [1.29, 1.82) is 0 Å². The van der Waals surface area contributed by atoms with E-state index in [0.29, 0.717) is 25.2 Å². The lowest BCUT2D eigenvalue weighted by Gasteiger charge is -2.06. The average Bonchev–Trinajstić information content (AvgIpc) is 2.43. The molecule has 0 radical (unpaired) electrons. The molecular weight excluding hydrogens is 226 g/mol. The summed E-state index contributed by atoms with van der Waals surface area (Å²) in [6.07, 6.45) is 3.75. The number of ketones is 1. The van der Waals surface area contributed by atoms with Crippen LogP contribution in [0.4, 0.5) is 0 Å². The molecule has 0 atom stereocenters. The SMILES string of the molecule is CCC(=O)CCCOc1ccc2cccnc2c1. The lowest BCUT2D eigenvalue weighted by molar-refractivity contribution is -0.118. The van der Waals surface area contributed by atoms with E-state index in [4.69, 9.17) is 4.74 Å². The Morgan fingerprint density at radius 3 is 3.06 bits per heavy atom. The molecule has 18 heavy (non-hydrogen) atoms. The van der Waals surface area contributed by atoms with Crippen molar-refractivity contribution >= 4 is 16.7 Å². The van der Waals surface area contributed by atoms with Crippen molar-refractivity contribution in [2.45, 2.75) is 26.2 Å². The lowest BCUT2D eigenvalue weighted by atomic mass is 10.2. The summed E-state index contributed by atoms with van der Waals surface area (Å²) >= 11 is 0. The van der Waals surface area contributed by atoms with E-state index in [1.807, 2.05) is 37.3 Å². The molecule has 0 unspecified atom stereocenters. The van der Waals surface area contributed by atoms with Crippen LogP contribution < -0.4 is 4.74 Å². The highest BCUT2D eigenvalue weighted by Crippen LogP contribution is 2.18. The summed E-state index contributed by atoms with van der Waals surface area (Å²) in [4.78, 5) is 15.4. The number of carbonyl (C=O) groups excluding carboxylic acids is 1. The number of hydrogen-bond acceptors (Lipinski definition) is 3. The Morgan fingerprint density at radius 2 is 2.22 bits per heavy atom. The fraction of sp³-hybridized carbons (Fsp3) is 0.333. The van der Waals surface area contributed by atoms with Gasteiger partial charge in [-0.3, -0.25) is 9.78 Å². The van der Waals surface area contributed by atoms with Crippen molar-refractivity contribution in [3.63, 3.8) is 0 Å². The zero-order chi connectivity index (χ0) is 12.8. The Bertz CT molecular complexity index is 537. The normalized spacial score (nSPS) is 10.5. The maximum absolute atomic E-state index is 11.1. The van der Waals surface area contributed by atoms with Gasteiger partial charge in [0.25, 0.3) is 0 Å². The topological polar surface area (TPSA) is 39.2 Å². The van der Waals surface area contributed by atoms with E-state index < -0.39 is 0 Å². The van der Waals surface area contributed by atoms with Gasteiger partial charge in [-0.2, -0.15) is 0 Å². The molecule has 3 nitrogen and oxygen atoms in total. The molecule has 0 saturated heterocycles. The number of Topliss-reactive ketones (excluding diaryl/α,β-unsaturated/α-hetero) is 1. The quantitative estimate of drug-likeness (QED) is 0.730. The highest BCUT2D eigenvalue weighted by Gasteiger charge is 2.00. The molecule has 1 aromatic carbocycles. The van der Waals surface area contributed by atoms with E-state index in [0.717, 1.165) is 23.1 Å². The van der Waals surface area contributed by atoms with Gasteiger partial charge in [0.1, 0.15) is 11.5 Å². The number of benzene rings is 1. The van der Waals surface area contributed by atoms with Crippen LogP contribution in [-0.2, 0) is 4.79 Å². The highest BCUT2D eigenvalue weighted by molar-refractivity contribution is 5.79. The van der Waals surface area contributed by atoms with Crippen LogP contribution in [0.15, 0.2) is 36.5 Å². The summed E-state index contributed by atoms with van der Waals surface area (Å²) in [5.74, 6) is 1.10. The average molecular weight is 243 g/mol. The first-order valence-corrected chi connectivity index (χ1v) is 6.29. The Morgan fingerprint density at radius 1 is 1.33 bits per heavy atom. The van der Waals surface area contributed by atoms with Gasteiger partial charge in [0.05, 0.1) is 12.1 Å². The second kappa shape index (κ2) is 6.15. The molecule has 0 amide bonds. The Kier molecular flexibility index (Phi) is 4.29. The van der Waals surface area contributed by atoms with Gasteiger partial charge < -0.3 is 4.74 Å². The molecule has 1 heterocycles. The highest BCUT2D eigenvalue weighted by atomic mass is 16.5. The van der Waals surface area contributed by atoms with Gasteiger partial charge >= 0.3 is 0 Å². The first-order valence-electron chi connectivity index (χ1n) is 6.29. The predicted octanol–water partition coefficient (Wildman–Crippen LogP) is 3.37. The van der Waals surface area contributed by atoms with Gasteiger partial charge in [0, 0.05) is 30.5 Å². The second-order valence-electron chi connectivity index (χ2n) is 4.20. The predicted molar refractivity (Wildman–Crippen MR) is 71.8 cm³/mol. The second-order valence-corrected chi connectivity index (χ2v) is 4.20. The van der Waals surface area contributed by atoms with Crippen LogP contribution in [0.2, 0.25) is 0 Å². The molecule has 94 valence electrons. The van der Waals surface area contributed by atoms with E-state index in [9.17, 15) is 4.79 Å². The van der Waals surface area contributed by atoms with E-state index in [-0.39, 0.29) is 0 Å². The Hall–Kier alpha value is -1.90. The summed E-state index contributed by atoms with van der Waals surface area (Å²) in [5.41, 5.74) is 0.930. The minimum atomic E-state index is 0.291. The number of rotatable bonds is 6. The molecule has 2 rings (SSSR count). The van der Waals surface area contributed by atoms with E-state index >= 15 is 0 Å². The van der Waals surface area contributed by atoms with E-state index in [2.05, 4.69) is 4.98 Å². The van der Waals surface area contributed by atoms with Crippen LogP contribution >= 0.6 is 0 Å². The van der Waals surface area contributed by atoms with Crippen molar-refractivity contribution in [1.82, 2.24) is 4.98 Å². The zero-order valence-electron chi connectivity index (χ0n) is 10.6. The summed E-state index contributed by atoms with van der Waals surface area (Å²) in [7, 11) is 0. The molecule has 0 saturated carbocycles. The molecule has 3 heteroatoms. The van der Waals surface area contributed by atoms with Crippen molar-refractivity contribution in [3.05, 3.63) is 36.5 Å². The standard InChI is InChI=1S/C15H17NO2/c1-2-13(17)6-4-10-18-14-8-7-12-5-3-9-16-15(12)11-14/h3,5,7-9,11H,2,4,6,10H2,1H3. The van der Waals surface area contributed by atoms with Gasteiger partial charge in [-0.25, -0.2) is 0 Å². The Labute approximate surface area is 107 Å². The maximum Gasteiger partial charge on any atom is 0.132 e. The van der Waals surface area contributed by atoms with Crippen LogP contribution in [0.3, 0.4) is 0 Å². The largest absolute Gasteiger partial charge is 0.494 e. The van der Waals surface area contributed by atoms with Crippen LogP contribution in [0.25, 0.3) is 10.9 Å². The van der Waals surface area contributed by atoms with Crippen molar-refractivity contribution < 1.29 is 9.53 Å². The number of carbonyl (C=O) groups is 1. The first kappa shape index (κ1) is 12.6. The minimum Gasteiger partial charge on any atom is -0.494 e. The van der Waals surface area contributed by atoms with Gasteiger partial charge in [0.2, 0.25) is 0 Å². The molecule has 0 aliphatic carbocycles. The smallest absolute Gasteiger partial charge is 0.132 e.